The lowest BCUT2D eigenvalue weighted by atomic mass is 9.96. The Morgan fingerprint density at radius 2 is 1.97 bits per heavy atom. The molecule has 0 fully saturated rings. The molecule has 0 radical (unpaired) electrons. The van der Waals surface area contributed by atoms with E-state index >= 15 is 0 Å². The second-order valence-corrected chi connectivity index (χ2v) is 8.38. The Bertz CT molecular complexity index is 1160. The number of fused-ring (bicyclic) bond motifs is 1. The Balaban J connectivity index is 0.000000509. The molecule has 1 amide bonds. The highest BCUT2D eigenvalue weighted by Gasteiger charge is 2.23. The second kappa shape index (κ2) is 12.4. The van der Waals surface area contributed by atoms with Gasteiger partial charge in [0.1, 0.15) is 0 Å². The monoisotopic (exact) mass is 469 g/mol. The van der Waals surface area contributed by atoms with E-state index in [1.54, 1.807) is 6.08 Å². The zero-order valence-corrected chi connectivity index (χ0v) is 20.5. The van der Waals surface area contributed by atoms with Crippen molar-refractivity contribution in [2.24, 2.45) is 11.5 Å². The van der Waals surface area contributed by atoms with Gasteiger partial charge < -0.3 is 27.0 Å². The maximum absolute atomic E-state index is 13.2. The second-order valence-electron chi connectivity index (χ2n) is 8.38. The summed E-state index contributed by atoms with van der Waals surface area (Å²) in [7, 11) is 1.83. The Hall–Kier alpha value is -4.03. The molecule has 1 atom stereocenters. The molecule has 0 bridgehead atoms. The number of allylic oxidation sites excluding steroid dienone is 3. The number of amides is 1. The van der Waals surface area contributed by atoms with Crippen LogP contribution in [0.4, 0.5) is 5.69 Å². The first-order valence-corrected chi connectivity index (χ1v) is 11.7. The predicted octanol–water partition coefficient (Wildman–Crippen LogP) is 4.07. The van der Waals surface area contributed by atoms with Crippen LogP contribution in [0.1, 0.15) is 12.5 Å². The lowest BCUT2D eigenvalue weighted by Gasteiger charge is -2.23. The van der Waals surface area contributed by atoms with Gasteiger partial charge in [-0.1, -0.05) is 67.3 Å². The van der Waals surface area contributed by atoms with Gasteiger partial charge in [0, 0.05) is 55.9 Å². The quantitative estimate of drug-likeness (QED) is 0.541. The maximum atomic E-state index is 13.2. The highest BCUT2D eigenvalue weighted by atomic mass is 16.2. The van der Waals surface area contributed by atoms with E-state index in [1.807, 2.05) is 61.4 Å². The summed E-state index contributed by atoms with van der Waals surface area (Å²) in [6.45, 7) is 7.56. The maximum Gasteiger partial charge on any atom is 0.254 e. The molecule has 0 saturated heterocycles. The fraction of sp³-hybridized carbons (Fsp3) is 0.207. The van der Waals surface area contributed by atoms with Crippen LogP contribution in [-0.4, -0.2) is 37.0 Å². The first kappa shape index (κ1) is 25.6. The molecule has 0 aromatic heterocycles. The van der Waals surface area contributed by atoms with Gasteiger partial charge in [-0.25, -0.2) is 0 Å². The predicted molar refractivity (Wildman–Crippen MR) is 146 cm³/mol. The number of nitrogens with zero attached hydrogens (tertiary/aromatic N) is 1. The Labute approximate surface area is 208 Å². The van der Waals surface area contributed by atoms with E-state index in [-0.39, 0.29) is 11.9 Å². The first-order valence-electron chi connectivity index (χ1n) is 11.7. The van der Waals surface area contributed by atoms with Crippen molar-refractivity contribution in [1.82, 2.24) is 10.2 Å². The van der Waals surface area contributed by atoms with Gasteiger partial charge in [0.25, 0.3) is 5.91 Å². The number of carbonyl (C=O) groups excluding carboxylic acids is 1. The number of carbonyl (C=O) groups is 1. The molecule has 6 N–H and O–H groups in total. The molecule has 6 nitrogen and oxygen atoms in total. The van der Waals surface area contributed by atoms with Gasteiger partial charge in [-0.15, -0.1) is 0 Å². The number of rotatable bonds is 4. The standard InChI is InChI=1S/C25H25N3O.C4H10N2/c1-2-6-20-16-21(9-11-23(20)26)25(29)28-14-13-27-24-12-10-19(15-22(24)17-28)18-7-4-3-5-8-18;1-4(3-5)6-2/h2-12,15-16,23,27H,1,13-14,17,26H2;3,6H,5H2,1-2H3/b20-6-;4-3-. The van der Waals surface area contributed by atoms with Crippen molar-refractivity contribution in [2.45, 2.75) is 19.5 Å². The van der Waals surface area contributed by atoms with Crippen molar-refractivity contribution in [3.63, 3.8) is 0 Å². The van der Waals surface area contributed by atoms with Gasteiger partial charge in [0.2, 0.25) is 0 Å². The Morgan fingerprint density at radius 1 is 1.20 bits per heavy atom. The molecule has 1 heterocycles. The van der Waals surface area contributed by atoms with E-state index < -0.39 is 0 Å². The van der Waals surface area contributed by atoms with E-state index in [1.165, 1.54) is 11.8 Å². The van der Waals surface area contributed by atoms with Crippen molar-refractivity contribution < 1.29 is 4.79 Å². The SMILES string of the molecule is C=C/C=C1/C=C(C(=O)N2CCNc3ccc(-c4ccccc4)cc3C2)C=CC1N.CN/C(C)=C\N. The van der Waals surface area contributed by atoms with E-state index in [2.05, 4.69) is 47.5 Å². The van der Waals surface area contributed by atoms with Crippen LogP contribution in [0, 0.1) is 0 Å². The van der Waals surface area contributed by atoms with Crippen LogP contribution in [0.2, 0.25) is 0 Å². The summed E-state index contributed by atoms with van der Waals surface area (Å²) in [5, 5.41) is 6.30. The molecule has 4 rings (SSSR count). The highest BCUT2D eigenvalue weighted by molar-refractivity contribution is 5.97. The summed E-state index contributed by atoms with van der Waals surface area (Å²) in [6, 6.07) is 16.5. The smallest absolute Gasteiger partial charge is 0.254 e. The molecule has 1 aliphatic carbocycles. The number of benzene rings is 2. The number of hydrogen-bond donors (Lipinski definition) is 4. The van der Waals surface area contributed by atoms with Crippen molar-refractivity contribution in [2.75, 3.05) is 25.5 Å². The largest absolute Gasteiger partial charge is 0.403 e. The molecule has 0 spiro atoms. The van der Waals surface area contributed by atoms with Gasteiger partial charge in [-0.2, -0.15) is 0 Å². The summed E-state index contributed by atoms with van der Waals surface area (Å²) in [5.74, 6) is 0.0166. The summed E-state index contributed by atoms with van der Waals surface area (Å²) < 4.78 is 0. The van der Waals surface area contributed by atoms with Crippen LogP contribution < -0.4 is 22.1 Å². The van der Waals surface area contributed by atoms with Crippen LogP contribution in [0.25, 0.3) is 11.1 Å². The highest BCUT2D eigenvalue weighted by Crippen LogP contribution is 2.28. The first-order chi connectivity index (χ1) is 17.0. The lowest BCUT2D eigenvalue weighted by Crippen LogP contribution is -2.34. The van der Waals surface area contributed by atoms with E-state index in [0.717, 1.165) is 34.6 Å². The van der Waals surface area contributed by atoms with E-state index in [0.29, 0.717) is 18.7 Å². The van der Waals surface area contributed by atoms with Gasteiger partial charge in [0.15, 0.2) is 0 Å². The average Bonchev–Trinajstić information content (AvgIpc) is 3.12. The minimum atomic E-state index is -0.204. The third-order valence-corrected chi connectivity index (χ3v) is 5.95. The van der Waals surface area contributed by atoms with E-state index in [9.17, 15) is 4.79 Å². The number of nitrogens with two attached hydrogens (primary N) is 2. The van der Waals surface area contributed by atoms with Crippen LogP contribution in [0.5, 0.6) is 0 Å². The van der Waals surface area contributed by atoms with Gasteiger partial charge in [-0.3, -0.25) is 4.79 Å². The molecule has 6 heteroatoms. The molecular formula is C29H35N5O. The average molecular weight is 470 g/mol. The van der Waals surface area contributed by atoms with Crippen LogP contribution in [0.15, 0.2) is 109 Å². The third-order valence-electron chi connectivity index (χ3n) is 5.95. The molecule has 1 unspecified atom stereocenters. The Morgan fingerprint density at radius 3 is 2.63 bits per heavy atom. The summed E-state index contributed by atoms with van der Waals surface area (Å²) in [4.78, 5) is 15.1. The molecule has 182 valence electrons. The van der Waals surface area contributed by atoms with Gasteiger partial charge >= 0.3 is 0 Å². The van der Waals surface area contributed by atoms with Gasteiger partial charge in [0.05, 0.1) is 0 Å². The fourth-order valence-electron chi connectivity index (χ4n) is 3.83. The van der Waals surface area contributed by atoms with E-state index in [4.69, 9.17) is 11.5 Å². The van der Waals surface area contributed by atoms with Crippen molar-refractivity contribution >= 4 is 11.6 Å². The molecule has 2 aromatic carbocycles. The zero-order chi connectivity index (χ0) is 25.2. The van der Waals surface area contributed by atoms with Crippen molar-refractivity contribution in [3.05, 3.63) is 114 Å². The normalized spacial score (nSPS) is 18.3. The molecule has 1 aliphatic heterocycles. The molecule has 0 saturated carbocycles. The fourth-order valence-corrected chi connectivity index (χ4v) is 3.83. The number of anilines is 1. The van der Waals surface area contributed by atoms with Crippen LogP contribution in [-0.2, 0) is 11.3 Å². The zero-order valence-electron chi connectivity index (χ0n) is 20.5. The van der Waals surface area contributed by atoms with Crippen molar-refractivity contribution in [3.8, 4) is 11.1 Å². The number of hydrogen-bond acceptors (Lipinski definition) is 5. The molecule has 35 heavy (non-hydrogen) atoms. The molecule has 2 aromatic rings. The lowest BCUT2D eigenvalue weighted by molar-refractivity contribution is -0.127. The molecule has 2 aliphatic rings. The summed E-state index contributed by atoms with van der Waals surface area (Å²) in [5.41, 5.74) is 18.2. The summed E-state index contributed by atoms with van der Waals surface area (Å²) >= 11 is 0. The molecular weight excluding hydrogens is 434 g/mol. The van der Waals surface area contributed by atoms with Crippen LogP contribution >= 0.6 is 0 Å². The summed E-state index contributed by atoms with van der Waals surface area (Å²) in [6.07, 6.45) is 10.6. The van der Waals surface area contributed by atoms with Gasteiger partial charge in [-0.05, 0) is 47.4 Å². The third kappa shape index (κ3) is 6.74. The van der Waals surface area contributed by atoms with Crippen molar-refractivity contribution in [1.29, 1.82) is 0 Å². The number of nitrogens with one attached hydrogen (secondary N) is 2. The minimum absolute atomic E-state index is 0.0166. The topological polar surface area (TPSA) is 96.4 Å². The minimum Gasteiger partial charge on any atom is -0.403 e. The van der Waals surface area contributed by atoms with Crippen LogP contribution in [0.3, 0.4) is 0 Å². The Kier molecular flexibility index (Phi) is 9.09.